The molecule has 0 saturated carbocycles. The number of aromatic nitrogens is 2. The van der Waals surface area contributed by atoms with E-state index >= 15 is 0 Å². The zero-order valence-electron chi connectivity index (χ0n) is 13.6. The fourth-order valence-electron chi connectivity index (χ4n) is 2.73. The topological polar surface area (TPSA) is 61.4 Å². The average Bonchev–Trinajstić information content (AvgIpc) is 2.67. The number of pyridine rings is 2. The maximum atomic E-state index is 12.0. The van der Waals surface area contributed by atoms with Gasteiger partial charge in [0.25, 0.3) is 5.91 Å². The van der Waals surface area contributed by atoms with Gasteiger partial charge in [0.1, 0.15) is 11.5 Å². The first kappa shape index (κ1) is 16.0. The Hall–Kier alpha value is -2.89. The number of nitrogens with one attached hydrogen (secondary N) is 1. The maximum Gasteiger partial charge on any atom is 0.270 e. The van der Waals surface area contributed by atoms with E-state index < -0.39 is 0 Å². The van der Waals surface area contributed by atoms with Crippen LogP contribution in [0.3, 0.4) is 0 Å². The van der Waals surface area contributed by atoms with E-state index in [4.69, 9.17) is 0 Å². The Balaban J connectivity index is 1.64. The number of carbonyl (C=O) groups excluding carboxylic acids is 1. The highest BCUT2D eigenvalue weighted by molar-refractivity contribution is 5.93. The number of hydrogen-bond acceptors (Lipinski definition) is 5. The molecule has 1 aliphatic rings. The van der Waals surface area contributed by atoms with Crippen molar-refractivity contribution in [3.8, 4) is 0 Å². The summed E-state index contributed by atoms with van der Waals surface area (Å²) in [5, 5.41) is 2.75. The lowest BCUT2D eigenvalue weighted by molar-refractivity contribution is 0.0953. The largest absolute Gasteiger partial charge is 0.368 e. The van der Waals surface area contributed by atoms with Crippen LogP contribution in [0.2, 0.25) is 0 Å². The van der Waals surface area contributed by atoms with E-state index in [1.165, 1.54) is 0 Å². The van der Waals surface area contributed by atoms with Crippen LogP contribution in [0.4, 0.5) is 11.5 Å². The van der Waals surface area contributed by atoms with Crippen LogP contribution in [0.1, 0.15) is 10.5 Å². The van der Waals surface area contributed by atoms with Crippen LogP contribution < -0.4 is 15.1 Å². The standard InChI is InChI=1S/C18H21N5O/c1-2-7-21-18(24)16-14-15(6-9-19-16)22-10-12-23(13-11-22)17-5-3-4-8-20-17/h2-6,8-9,14H,1,7,10-13H2,(H,21,24). The number of rotatable bonds is 5. The van der Waals surface area contributed by atoms with Crippen molar-refractivity contribution in [3.63, 3.8) is 0 Å². The lowest BCUT2D eigenvalue weighted by Crippen LogP contribution is -2.46. The van der Waals surface area contributed by atoms with Crippen LogP contribution >= 0.6 is 0 Å². The van der Waals surface area contributed by atoms with Crippen molar-refractivity contribution in [2.75, 3.05) is 42.5 Å². The molecule has 0 spiro atoms. The predicted molar refractivity (Wildman–Crippen MR) is 95.4 cm³/mol. The Morgan fingerprint density at radius 3 is 2.62 bits per heavy atom. The van der Waals surface area contributed by atoms with E-state index in [-0.39, 0.29) is 5.91 Å². The zero-order valence-corrected chi connectivity index (χ0v) is 13.6. The van der Waals surface area contributed by atoms with Crippen molar-refractivity contribution >= 4 is 17.4 Å². The fraction of sp³-hybridized carbons (Fsp3) is 0.278. The Morgan fingerprint density at radius 1 is 1.12 bits per heavy atom. The first-order valence-electron chi connectivity index (χ1n) is 8.04. The second-order valence-corrected chi connectivity index (χ2v) is 5.56. The van der Waals surface area contributed by atoms with Gasteiger partial charge >= 0.3 is 0 Å². The molecule has 0 radical (unpaired) electrons. The molecule has 6 nitrogen and oxygen atoms in total. The molecule has 0 aliphatic carbocycles. The highest BCUT2D eigenvalue weighted by Crippen LogP contribution is 2.19. The molecule has 2 aromatic rings. The molecule has 0 unspecified atom stereocenters. The number of anilines is 2. The van der Waals surface area contributed by atoms with Crippen LogP contribution in [0.5, 0.6) is 0 Å². The van der Waals surface area contributed by atoms with Crippen LogP contribution in [-0.2, 0) is 0 Å². The fourth-order valence-corrected chi connectivity index (χ4v) is 2.73. The second-order valence-electron chi connectivity index (χ2n) is 5.56. The highest BCUT2D eigenvalue weighted by atomic mass is 16.1. The Labute approximate surface area is 141 Å². The van der Waals surface area contributed by atoms with E-state index in [9.17, 15) is 4.79 Å². The first-order chi connectivity index (χ1) is 11.8. The number of hydrogen-bond donors (Lipinski definition) is 1. The van der Waals surface area contributed by atoms with Gasteiger partial charge in [-0.05, 0) is 24.3 Å². The third kappa shape index (κ3) is 3.71. The highest BCUT2D eigenvalue weighted by Gasteiger charge is 2.19. The van der Waals surface area contributed by atoms with E-state index in [0.717, 1.165) is 37.7 Å². The lowest BCUT2D eigenvalue weighted by Gasteiger charge is -2.36. The van der Waals surface area contributed by atoms with Crippen molar-refractivity contribution in [2.45, 2.75) is 0 Å². The molecule has 1 aliphatic heterocycles. The third-order valence-electron chi connectivity index (χ3n) is 4.00. The molecule has 1 amide bonds. The summed E-state index contributed by atoms with van der Waals surface area (Å²) in [6.07, 6.45) is 5.15. The molecule has 1 saturated heterocycles. The Kier molecular flexibility index (Phi) is 5.05. The van der Waals surface area contributed by atoms with E-state index in [1.54, 1.807) is 12.3 Å². The molecule has 1 fully saturated rings. The molecular weight excluding hydrogens is 302 g/mol. The molecule has 6 heteroatoms. The molecular formula is C18H21N5O. The summed E-state index contributed by atoms with van der Waals surface area (Å²) in [6.45, 7) is 7.60. The number of nitrogens with zero attached hydrogens (tertiary/aromatic N) is 4. The van der Waals surface area contributed by atoms with Crippen molar-refractivity contribution in [1.29, 1.82) is 0 Å². The van der Waals surface area contributed by atoms with Gasteiger partial charge in [0, 0.05) is 50.8 Å². The van der Waals surface area contributed by atoms with Gasteiger partial charge in [-0.3, -0.25) is 9.78 Å². The van der Waals surface area contributed by atoms with Gasteiger partial charge in [0.05, 0.1) is 0 Å². The average molecular weight is 323 g/mol. The number of carbonyl (C=O) groups is 1. The van der Waals surface area contributed by atoms with Crippen molar-refractivity contribution < 1.29 is 4.79 Å². The Morgan fingerprint density at radius 2 is 1.92 bits per heavy atom. The molecule has 3 rings (SSSR count). The van der Waals surface area contributed by atoms with Crippen LogP contribution in [0, 0.1) is 0 Å². The quantitative estimate of drug-likeness (QED) is 0.849. The van der Waals surface area contributed by atoms with Gasteiger partial charge in [-0.1, -0.05) is 12.1 Å². The predicted octanol–water partition coefficient (Wildman–Crippen LogP) is 1.72. The molecule has 1 N–H and O–H groups in total. The van der Waals surface area contributed by atoms with Gasteiger partial charge in [0.15, 0.2) is 0 Å². The van der Waals surface area contributed by atoms with Gasteiger partial charge < -0.3 is 15.1 Å². The molecule has 0 bridgehead atoms. The smallest absolute Gasteiger partial charge is 0.270 e. The van der Waals surface area contributed by atoms with E-state index in [2.05, 4.69) is 31.7 Å². The first-order valence-corrected chi connectivity index (χ1v) is 8.04. The minimum Gasteiger partial charge on any atom is -0.368 e. The third-order valence-corrected chi connectivity index (χ3v) is 4.00. The molecule has 124 valence electrons. The summed E-state index contributed by atoms with van der Waals surface area (Å²) in [7, 11) is 0. The normalized spacial score (nSPS) is 14.3. The van der Waals surface area contributed by atoms with E-state index in [0.29, 0.717) is 12.2 Å². The number of amides is 1. The van der Waals surface area contributed by atoms with Crippen molar-refractivity contribution in [3.05, 3.63) is 61.1 Å². The van der Waals surface area contributed by atoms with Gasteiger partial charge in [-0.25, -0.2) is 4.98 Å². The second kappa shape index (κ2) is 7.59. The van der Waals surface area contributed by atoms with Gasteiger partial charge in [-0.15, -0.1) is 6.58 Å². The summed E-state index contributed by atoms with van der Waals surface area (Å²) in [5.74, 6) is 0.834. The summed E-state index contributed by atoms with van der Waals surface area (Å²) in [5.41, 5.74) is 1.45. The molecule has 0 aromatic carbocycles. The monoisotopic (exact) mass is 323 g/mol. The molecule has 0 atom stereocenters. The van der Waals surface area contributed by atoms with Crippen LogP contribution in [0.15, 0.2) is 55.4 Å². The van der Waals surface area contributed by atoms with Crippen LogP contribution in [0.25, 0.3) is 0 Å². The minimum atomic E-state index is -0.177. The van der Waals surface area contributed by atoms with E-state index in [1.807, 2.05) is 36.5 Å². The molecule has 2 aromatic heterocycles. The SMILES string of the molecule is C=CCNC(=O)c1cc(N2CCN(c3ccccn3)CC2)ccn1. The minimum absolute atomic E-state index is 0.177. The van der Waals surface area contributed by atoms with Gasteiger partial charge in [0.2, 0.25) is 0 Å². The summed E-state index contributed by atoms with van der Waals surface area (Å²) >= 11 is 0. The molecule has 24 heavy (non-hydrogen) atoms. The zero-order chi connectivity index (χ0) is 16.8. The maximum absolute atomic E-state index is 12.0. The number of piperazine rings is 1. The Bertz CT molecular complexity index is 696. The van der Waals surface area contributed by atoms with Crippen LogP contribution in [-0.4, -0.2) is 48.6 Å². The van der Waals surface area contributed by atoms with Crippen molar-refractivity contribution in [1.82, 2.24) is 15.3 Å². The molecule has 3 heterocycles. The summed E-state index contributed by atoms with van der Waals surface area (Å²) in [6, 6.07) is 9.75. The summed E-state index contributed by atoms with van der Waals surface area (Å²) in [4.78, 5) is 25.1. The lowest BCUT2D eigenvalue weighted by atomic mass is 10.2. The summed E-state index contributed by atoms with van der Waals surface area (Å²) < 4.78 is 0. The van der Waals surface area contributed by atoms with Gasteiger partial charge in [-0.2, -0.15) is 0 Å². The van der Waals surface area contributed by atoms with Crippen molar-refractivity contribution in [2.24, 2.45) is 0 Å².